The fourth-order valence-corrected chi connectivity index (χ4v) is 2.36. The van der Waals surface area contributed by atoms with Crippen molar-refractivity contribution >= 4 is 11.6 Å². The van der Waals surface area contributed by atoms with Gasteiger partial charge < -0.3 is 10.6 Å². The van der Waals surface area contributed by atoms with Crippen LogP contribution in [-0.2, 0) is 10.2 Å². The molecule has 1 aliphatic heterocycles. The monoisotopic (exact) mass is 246 g/mol. The summed E-state index contributed by atoms with van der Waals surface area (Å²) in [5, 5.41) is 6.30. The molecule has 1 saturated heterocycles. The Labute approximate surface area is 109 Å². The lowest BCUT2D eigenvalue weighted by Crippen LogP contribution is -2.26. The van der Waals surface area contributed by atoms with Gasteiger partial charge in [0.15, 0.2) is 0 Å². The first-order chi connectivity index (χ1) is 8.48. The smallest absolute Gasteiger partial charge is 0.228 e. The van der Waals surface area contributed by atoms with E-state index in [0.717, 1.165) is 25.2 Å². The molecule has 1 amide bonds. The Morgan fingerprint density at radius 3 is 2.67 bits per heavy atom. The van der Waals surface area contributed by atoms with Crippen molar-refractivity contribution in [1.29, 1.82) is 0 Å². The van der Waals surface area contributed by atoms with E-state index in [1.165, 1.54) is 5.56 Å². The predicted molar refractivity (Wildman–Crippen MR) is 74.7 cm³/mol. The molecular weight excluding hydrogens is 224 g/mol. The summed E-state index contributed by atoms with van der Waals surface area (Å²) >= 11 is 0. The lowest BCUT2D eigenvalue weighted by atomic mass is 9.85. The second kappa shape index (κ2) is 5.11. The molecule has 0 aromatic heterocycles. The maximum absolute atomic E-state index is 12.1. The predicted octanol–water partition coefficient (Wildman–Crippen LogP) is 2.53. The van der Waals surface area contributed by atoms with Crippen molar-refractivity contribution in [1.82, 2.24) is 5.32 Å². The second-order valence-corrected chi connectivity index (χ2v) is 5.97. The van der Waals surface area contributed by atoms with Crippen LogP contribution in [0.1, 0.15) is 32.8 Å². The van der Waals surface area contributed by atoms with Gasteiger partial charge in [0.2, 0.25) is 5.91 Å². The zero-order valence-corrected chi connectivity index (χ0v) is 11.4. The summed E-state index contributed by atoms with van der Waals surface area (Å²) in [5.41, 5.74) is 2.17. The van der Waals surface area contributed by atoms with E-state index in [-0.39, 0.29) is 17.2 Å². The van der Waals surface area contributed by atoms with E-state index < -0.39 is 0 Å². The fraction of sp³-hybridized carbons (Fsp3) is 0.533. The van der Waals surface area contributed by atoms with E-state index in [0.29, 0.717) is 0 Å². The molecular formula is C15H22N2O. The average Bonchev–Trinajstić information content (AvgIpc) is 2.81. The molecule has 0 spiro atoms. The Hall–Kier alpha value is -1.35. The molecule has 2 N–H and O–H groups in total. The summed E-state index contributed by atoms with van der Waals surface area (Å²) in [4.78, 5) is 12.1. The highest BCUT2D eigenvalue weighted by Gasteiger charge is 2.24. The molecule has 0 aliphatic carbocycles. The first-order valence-corrected chi connectivity index (χ1v) is 6.59. The van der Waals surface area contributed by atoms with Crippen LogP contribution in [0.25, 0.3) is 0 Å². The highest BCUT2D eigenvalue weighted by molar-refractivity contribution is 5.93. The third kappa shape index (κ3) is 2.91. The number of carbonyl (C=O) groups is 1. The van der Waals surface area contributed by atoms with E-state index in [1.54, 1.807) is 0 Å². The molecule has 3 heteroatoms. The third-order valence-electron chi connectivity index (χ3n) is 3.42. The topological polar surface area (TPSA) is 41.1 Å². The second-order valence-electron chi connectivity index (χ2n) is 5.97. The minimum Gasteiger partial charge on any atom is -0.326 e. The Balaban J connectivity index is 2.16. The van der Waals surface area contributed by atoms with Crippen LogP contribution in [0.3, 0.4) is 0 Å². The number of amides is 1. The molecule has 1 unspecified atom stereocenters. The Bertz CT molecular complexity index is 428. The van der Waals surface area contributed by atoms with Crippen LogP contribution < -0.4 is 10.6 Å². The molecule has 18 heavy (non-hydrogen) atoms. The van der Waals surface area contributed by atoms with Gasteiger partial charge in [0.25, 0.3) is 0 Å². The molecule has 1 aliphatic rings. The Kier molecular flexibility index (Phi) is 3.71. The summed E-state index contributed by atoms with van der Waals surface area (Å²) < 4.78 is 0. The molecule has 3 nitrogen and oxygen atoms in total. The summed E-state index contributed by atoms with van der Waals surface area (Å²) in [7, 11) is 0. The highest BCUT2D eigenvalue weighted by Crippen LogP contribution is 2.29. The van der Waals surface area contributed by atoms with Crippen LogP contribution in [0.2, 0.25) is 0 Å². The number of carbonyl (C=O) groups excluding carboxylic acids is 1. The molecule has 1 aromatic rings. The number of anilines is 1. The van der Waals surface area contributed by atoms with Gasteiger partial charge >= 0.3 is 0 Å². The lowest BCUT2D eigenvalue weighted by Gasteiger charge is -2.23. The fourth-order valence-electron chi connectivity index (χ4n) is 2.36. The Morgan fingerprint density at radius 2 is 2.06 bits per heavy atom. The van der Waals surface area contributed by atoms with Crippen LogP contribution >= 0.6 is 0 Å². The minimum atomic E-state index is 0.0395. The van der Waals surface area contributed by atoms with Gasteiger partial charge in [-0.05, 0) is 30.0 Å². The lowest BCUT2D eigenvalue weighted by molar-refractivity contribution is -0.119. The number of para-hydroxylation sites is 1. The molecule has 1 fully saturated rings. The molecule has 0 bridgehead atoms. The largest absolute Gasteiger partial charge is 0.326 e. The van der Waals surface area contributed by atoms with Crippen LogP contribution in [-0.4, -0.2) is 19.0 Å². The van der Waals surface area contributed by atoms with Gasteiger partial charge in [-0.15, -0.1) is 0 Å². The molecule has 1 aromatic carbocycles. The van der Waals surface area contributed by atoms with Crippen molar-refractivity contribution in [3.05, 3.63) is 29.8 Å². The Morgan fingerprint density at radius 1 is 1.33 bits per heavy atom. The van der Waals surface area contributed by atoms with E-state index in [2.05, 4.69) is 37.5 Å². The maximum Gasteiger partial charge on any atom is 0.228 e. The van der Waals surface area contributed by atoms with Gasteiger partial charge in [-0.3, -0.25) is 4.79 Å². The standard InChI is InChI=1S/C15H22N2O/c1-15(2,3)12-6-4-5-7-13(12)17-14(18)11-8-9-16-10-11/h4-7,11,16H,8-10H2,1-3H3,(H,17,18). The van der Waals surface area contributed by atoms with Crippen LogP contribution in [0.15, 0.2) is 24.3 Å². The van der Waals surface area contributed by atoms with E-state index in [9.17, 15) is 4.79 Å². The number of hydrogen-bond donors (Lipinski definition) is 2. The average molecular weight is 246 g/mol. The maximum atomic E-state index is 12.1. The zero-order valence-electron chi connectivity index (χ0n) is 11.4. The van der Waals surface area contributed by atoms with E-state index >= 15 is 0 Å². The molecule has 98 valence electrons. The quantitative estimate of drug-likeness (QED) is 0.842. The summed E-state index contributed by atoms with van der Waals surface area (Å²) in [6, 6.07) is 8.06. The van der Waals surface area contributed by atoms with Crippen molar-refractivity contribution in [2.45, 2.75) is 32.6 Å². The molecule has 2 rings (SSSR count). The molecule has 1 heterocycles. The number of benzene rings is 1. The van der Waals surface area contributed by atoms with Gasteiger partial charge in [0.05, 0.1) is 5.92 Å². The van der Waals surface area contributed by atoms with Gasteiger partial charge in [0, 0.05) is 12.2 Å². The van der Waals surface area contributed by atoms with Gasteiger partial charge in [-0.25, -0.2) is 0 Å². The van der Waals surface area contributed by atoms with Gasteiger partial charge in [-0.1, -0.05) is 39.0 Å². The number of hydrogen-bond acceptors (Lipinski definition) is 2. The van der Waals surface area contributed by atoms with Crippen LogP contribution in [0.4, 0.5) is 5.69 Å². The van der Waals surface area contributed by atoms with Crippen molar-refractivity contribution in [3.8, 4) is 0 Å². The summed E-state index contributed by atoms with van der Waals surface area (Å²) in [6.07, 6.45) is 0.934. The molecule has 1 atom stereocenters. The van der Waals surface area contributed by atoms with Crippen molar-refractivity contribution in [2.24, 2.45) is 5.92 Å². The molecule has 0 radical (unpaired) electrons. The van der Waals surface area contributed by atoms with Crippen molar-refractivity contribution in [2.75, 3.05) is 18.4 Å². The molecule has 0 saturated carbocycles. The van der Waals surface area contributed by atoms with Gasteiger partial charge in [-0.2, -0.15) is 0 Å². The third-order valence-corrected chi connectivity index (χ3v) is 3.42. The van der Waals surface area contributed by atoms with E-state index in [4.69, 9.17) is 0 Å². The van der Waals surface area contributed by atoms with Crippen LogP contribution in [0.5, 0.6) is 0 Å². The van der Waals surface area contributed by atoms with Crippen molar-refractivity contribution < 1.29 is 4.79 Å². The minimum absolute atomic E-state index is 0.0395. The number of nitrogens with one attached hydrogen (secondary N) is 2. The highest BCUT2D eigenvalue weighted by atomic mass is 16.1. The van der Waals surface area contributed by atoms with Gasteiger partial charge in [0.1, 0.15) is 0 Å². The van der Waals surface area contributed by atoms with E-state index in [1.807, 2.05) is 18.2 Å². The summed E-state index contributed by atoms with van der Waals surface area (Å²) in [6.45, 7) is 8.22. The van der Waals surface area contributed by atoms with Crippen molar-refractivity contribution in [3.63, 3.8) is 0 Å². The SMILES string of the molecule is CC(C)(C)c1ccccc1NC(=O)C1CCNC1. The number of rotatable bonds is 2. The first-order valence-electron chi connectivity index (χ1n) is 6.59. The summed E-state index contributed by atoms with van der Waals surface area (Å²) in [5.74, 6) is 0.245. The van der Waals surface area contributed by atoms with Crippen LogP contribution in [0, 0.1) is 5.92 Å². The first kappa shape index (κ1) is 13.1. The normalized spacial score (nSPS) is 19.8. The zero-order chi connectivity index (χ0) is 13.2.